The molecule has 0 spiro atoms. The Balaban J connectivity index is 3.07. The van der Waals surface area contributed by atoms with Crippen molar-refractivity contribution in [2.75, 3.05) is 6.26 Å². The van der Waals surface area contributed by atoms with Gasteiger partial charge in [0.2, 0.25) is 4.38 Å². The Hall–Kier alpha value is -0.130. The Morgan fingerprint density at radius 2 is 2.18 bits per heavy atom. The first-order valence-corrected chi connectivity index (χ1v) is 7.64. The quantitative estimate of drug-likeness (QED) is 0.582. The molecule has 0 radical (unpaired) electrons. The predicted octanol–water partition coefficient (Wildman–Crippen LogP) is 4.60. The molecule has 0 amide bonds. The number of hydrogen-bond donors (Lipinski definition) is 0. The van der Waals surface area contributed by atoms with Gasteiger partial charge >= 0.3 is 0 Å². The largest absolute Gasteiger partial charge is 0.470 e. The van der Waals surface area contributed by atoms with Crippen molar-refractivity contribution in [1.29, 1.82) is 0 Å². The number of thioether (sulfide) groups is 1. The predicted molar refractivity (Wildman–Crippen MR) is 81.3 cm³/mol. The smallest absolute Gasteiger partial charge is 0.220 e. The Morgan fingerprint density at radius 1 is 1.53 bits per heavy atom. The summed E-state index contributed by atoms with van der Waals surface area (Å²) in [7, 11) is 0. The van der Waals surface area contributed by atoms with Gasteiger partial charge in [0, 0.05) is 17.2 Å². The minimum atomic E-state index is -0.106. The van der Waals surface area contributed by atoms with Gasteiger partial charge in [-0.2, -0.15) is 0 Å². The molecule has 1 heterocycles. The first-order valence-electron chi connectivity index (χ1n) is 5.21. The lowest BCUT2D eigenvalue weighted by Gasteiger charge is -2.31. The fourth-order valence-corrected chi connectivity index (χ4v) is 2.19. The van der Waals surface area contributed by atoms with Crippen molar-refractivity contribution in [2.24, 2.45) is 5.41 Å². The van der Waals surface area contributed by atoms with Gasteiger partial charge in [-0.05, 0) is 40.5 Å². The standard InChI is InChI=1S/C12H16BrNOS2/c1-12(2,3)9(15-11(16)17-4)8-6-5-7-14-10(8)13/h5-7,9H,1-4H3. The van der Waals surface area contributed by atoms with Crippen LogP contribution in [0.3, 0.4) is 0 Å². The van der Waals surface area contributed by atoms with E-state index in [2.05, 4.69) is 41.7 Å². The molecule has 0 saturated carbocycles. The van der Waals surface area contributed by atoms with E-state index in [9.17, 15) is 0 Å². The Morgan fingerprint density at radius 3 is 2.65 bits per heavy atom. The summed E-state index contributed by atoms with van der Waals surface area (Å²) in [6, 6.07) is 3.92. The minimum Gasteiger partial charge on any atom is -0.470 e. The summed E-state index contributed by atoms with van der Waals surface area (Å²) in [5, 5.41) is 0. The summed E-state index contributed by atoms with van der Waals surface area (Å²) in [5.41, 5.74) is 0.974. The number of pyridine rings is 1. The van der Waals surface area contributed by atoms with Gasteiger partial charge in [-0.25, -0.2) is 4.98 Å². The SMILES string of the molecule is CSC(=S)OC(c1cccnc1Br)C(C)(C)C. The molecule has 0 aliphatic rings. The van der Waals surface area contributed by atoms with Crippen LogP contribution < -0.4 is 0 Å². The second-order valence-electron chi connectivity index (χ2n) is 4.70. The van der Waals surface area contributed by atoms with Crippen LogP contribution in [0.4, 0.5) is 0 Å². The Bertz CT molecular complexity index is 404. The van der Waals surface area contributed by atoms with Crippen LogP contribution in [-0.4, -0.2) is 15.6 Å². The van der Waals surface area contributed by atoms with Gasteiger partial charge in [0.25, 0.3) is 0 Å². The molecule has 1 rings (SSSR count). The molecule has 0 bridgehead atoms. The molecule has 94 valence electrons. The molecule has 0 fully saturated rings. The highest BCUT2D eigenvalue weighted by atomic mass is 79.9. The topological polar surface area (TPSA) is 22.1 Å². The van der Waals surface area contributed by atoms with Crippen LogP contribution in [0.5, 0.6) is 0 Å². The number of rotatable bonds is 2. The second-order valence-corrected chi connectivity index (χ2v) is 6.86. The van der Waals surface area contributed by atoms with E-state index in [1.54, 1.807) is 6.20 Å². The summed E-state index contributed by atoms with van der Waals surface area (Å²) in [4.78, 5) is 4.23. The molecule has 1 aromatic heterocycles. The first-order chi connectivity index (χ1) is 7.86. The highest BCUT2D eigenvalue weighted by molar-refractivity contribution is 9.10. The van der Waals surface area contributed by atoms with E-state index in [-0.39, 0.29) is 11.5 Å². The van der Waals surface area contributed by atoms with Gasteiger partial charge in [0.1, 0.15) is 10.7 Å². The first kappa shape index (κ1) is 14.9. The van der Waals surface area contributed by atoms with Gasteiger partial charge in [-0.1, -0.05) is 38.6 Å². The number of aromatic nitrogens is 1. The van der Waals surface area contributed by atoms with E-state index in [1.165, 1.54) is 11.8 Å². The van der Waals surface area contributed by atoms with Crippen molar-refractivity contribution in [3.63, 3.8) is 0 Å². The fraction of sp³-hybridized carbons (Fsp3) is 0.500. The Kier molecular flexibility index (Phi) is 5.41. The van der Waals surface area contributed by atoms with E-state index >= 15 is 0 Å². The second kappa shape index (κ2) is 6.16. The molecular weight excluding hydrogens is 318 g/mol. The zero-order valence-electron chi connectivity index (χ0n) is 10.4. The number of halogens is 1. The van der Waals surface area contributed by atoms with Crippen LogP contribution in [0.15, 0.2) is 22.9 Å². The average Bonchev–Trinajstić information content (AvgIpc) is 2.25. The maximum Gasteiger partial charge on any atom is 0.220 e. The lowest BCUT2D eigenvalue weighted by Crippen LogP contribution is -2.23. The summed E-state index contributed by atoms with van der Waals surface area (Å²) in [6.45, 7) is 6.38. The molecular formula is C12H16BrNOS2. The van der Waals surface area contributed by atoms with Crippen molar-refractivity contribution in [2.45, 2.75) is 26.9 Å². The van der Waals surface area contributed by atoms with E-state index in [0.717, 1.165) is 10.2 Å². The maximum atomic E-state index is 5.86. The molecule has 17 heavy (non-hydrogen) atoms. The molecule has 2 nitrogen and oxygen atoms in total. The van der Waals surface area contributed by atoms with Gasteiger partial charge in [-0.15, -0.1) is 0 Å². The fourth-order valence-electron chi connectivity index (χ4n) is 1.45. The van der Waals surface area contributed by atoms with Crippen LogP contribution in [0.25, 0.3) is 0 Å². The van der Waals surface area contributed by atoms with Crippen LogP contribution >= 0.6 is 39.9 Å². The third-order valence-corrected chi connectivity index (χ3v) is 3.93. The van der Waals surface area contributed by atoms with Gasteiger partial charge in [-0.3, -0.25) is 0 Å². The van der Waals surface area contributed by atoms with E-state index in [0.29, 0.717) is 4.38 Å². The zero-order valence-corrected chi connectivity index (χ0v) is 13.6. The lowest BCUT2D eigenvalue weighted by atomic mass is 9.85. The molecule has 5 heteroatoms. The normalized spacial score (nSPS) is 13.2. The zero-order chi connectivity index (χ0) is 13.1. The monoisotopic (exact) mass is 333 g/mol. The number of ether oxygens (including phenoxy) is 1. The van der Waals surface area contributed by atoms with Crippen LogP contribution in [0.1, 0.15) is 32.4 Å². The molecule has 1 unspecified atom stereocenters. The lowest BCUT2D eigenvalue weighted by molar-refractivity contribution is 0.0824. The summed E-state index contributed by atoms with van der Waals surface area (Å²) in [6.07, 6.45) is 3.56. The van der Waals surface area contributed by atoms with E-state index in [4.69, 9.17) is 17.0 Å². The van der Waals surface area contributed by atoms with Crippen LogP contribution in [0, 0.1) is 5.41 Å². The highest BCUT2D eigenvalue weighted by Gasteiger charge is 2.30. The van der Waals surface area contributed by atoms with Crippen molar-refractivity contribution in [3.05, 3.63) is 28.5 Å². The van der Waals surface area contributed by atoms with Crippen molar-refractivity contribution < 1.29 is 4.74 Å². The number of nitrogens with zero attached hydrogens (tertiary/aromatic N) is 1. The summed E-state index contributed by atoms with van der Waals surface area (Å²) in [5.74, 6) is 0. The maximum absolute atomic E-state index is 5.86. The third kappa shape index (κ3) is 4.23. The van der Waals surface area contributed by atoms with Gasteiger partial charge in [0.15, 0.2) is 0 Å². The molecule has 1 atom stereocenters. The number of thiocarbonyl (C=S) groups is 1. The molecule has 0 N–H and O–H groups in total. The molecule has 0 saturated heterocycles. The van der Waals surface area contributed by atoms with Crippen molar-refractivity contribution in [3.8, 4) is 0 Å². The minimum absolute atomic E-state index is 0.0503. The van der Waals surface area contributed by atoms with Crippen molar-refractivity contribution >= 4 is 44.3 Å². The molecule has 0 aliphatic heterocycles. The number of hydrogen-bond acceptors (Lipinski definition) is 4. The van der Waals surface area contributed by atoms with Gasteiger partial charge < -0.3 is 4.74 Å². The van der Waals surface area contributed by atoms with Gasteiger partial charge in [0.05, 0.1) is 0 Å². The van der Waals surface area contributed by atoms with Crippen LogP contribution in [-0.2, 0) is 4.74 Å². The molecule has 0 aromatic carbocycles. The highest BCUT2D eigenvalue weighted by Crippen LogP contribution is 2.39. The van der Waals surface area contributed by atoms with Crippen molar-refractivity contribution in [1.82, 2.24) is 4.98 Å². The van der Waals surface area contributed by atoms with E-state index < -0.39 is 0 Å². The molecule has 1 aromatic rings. The van der Waals surface area contributed by atoms with Crippen LogP contribution in [0.2, 0.25) is 0 Å². The third-order valence-electron chi connectivity index (χ3n) is 2.24. The summed E-state index contributed by atoms with van der Waals surface area (Å²) < 4.78 is 7.22. The summed E-state index contributed by atoms with van der Waals surface area (Å²) >= 11 is 10.1. The Labute approximate surface area is 121 Å². The molecule has 0 aliphatic carbocycles. The average molecular weight is 334 g/mol. The van der Waals surface area contributed by atoms with E-state index in [1.807, 2.05) is 18.4 Å².